The predicted octanol–water partition coefficient (Wildman–Crippen LogP) is 3.34. The maximum absolute atomic E-state index is 11.7. The number of alkyl halides is 2. The molecule has 2 rings (SSSR count). The van der Waals surface area contributed by atoms with Crippen LogP contribution in [0, 0.1) is 0 Å². The Morgan fingerprint density at radius 3 is 2.17 bits per heavy atom. The van der Waals surface area contributed by atoms with Gasteiger partial charge in [0.25, 0.3) is 5.91 Å². The van der Waals surface area contributed by atoms with Crippen molar-refractivity contribution in [3.05, 3.63) is 54.6 Å². The van der Waals surface area contributed by atoms with Crippen molar-refractivity contribution >= 4 is 40.7 Å². The Morgan fingerprint density at radius 1 is 0.957 bits per heavy atom. The maximum Gasteiger partial charge on any atom is 0.253 e. The summed E-state index contributed by atoms with van der Waals surface area (Å²) in [6.45, 7) is -0.211. The second kappa shape index (κ2) is 8.41. The molecule has 0 heterocycles. The van der Waals surface area contributed by atoms with Crippen LogP contribution in [0.15, 0.2) is 54.6 Å². The monoisotopic (exact) mass is 352 g/mol. The second-order valence-electron chi connectivity index (χ2n) is 4.51. The van der Waals surface area contributed by atoms with Gasteiger partial charge in [0.15, 0.2) is 4.84 Å². The molecule has 0 bridgehead atoms. The van der Waals surface area contributed by atoms with E-state index in [1.54, 1.807) is 24.3 Å². The molecule has 0 saturated carbocycles. The third kappa shape index (κ3) is 5.81. The highest BCUT2D eigenvalue weighted by atomic mass is 35.5. The van der Waals surface area contributed by atoms with Crippen molar-refractivity contribution in [2.75, 3.05) is 11.9 Å². The molecule has 0 aliphatic rings. The van der Waals surface area contributed by atoms with E-state index in [2.05, 4.69) is 10.6 Å². The Hall–Kier alpha value is -2.24. The van der Waals surface area contributed by atoms with Gasteiger partial charge in [-0.2, -0.15) is 0 Å². The fraction of sp³-hybridized carbons (Fsp3) is 0.125. The van der Waals surface area contributed by atoms with Gasteiger partial charge in [-0.3, -0.25) is 9.59 Å². The average Bonchev–Trinajstić information content (AvgIpc) is 2.55. The van der Waals surface area contributed by atoms with Crippen LogP contribution >= 0.6 is 23.2 Å². The number of ether oxygens (including phenoxy) is 1. The second-order valence-corrected chi connectivity index (χ2v) is 5.60. The van der Waals surface area contributed by atoms with E-state index >= 15 is 0 Å². The van der Waals surface area contributed by atoms with Crippen molar-refractivity contribution in [2.24, 2.45) is 0 Å². The minimum atomic E-state index is -1.20. The maximum atomic E-state index is 11.7. The van der Waals surface area contributed by atoms with Crippen LogP contribution < -0.4 is 15.4 Å². The van der Waals surface area contributed by atoms with E-state index in [-0.39, 0.29) is 12.5 Å². The first-order valence-electron chi connectivity index (χ1n) is 6.73. The molecule has 0 saturated heterocycles. The normalized spacial score (nSPS) is 10.2. The highest BCUT2D eigenvalue weighted by molar-refractivity contribution is 6.53. The zero-order valence-corrected chi connectivity index (χ0v) is 13.5. The number of nitrogens with one attached hydrogen (secondary N) is 2. The lowest BCUT2D eigenvalue weighted by atomic mass is 10.3. The van der Waals surface area contributed by atoms with Gasteiger partial charge in [-0.05, 0) is 36.4 Å². The van der Waals surface area contributed by atoms with Crippen LogP contribution in [0.3, 0.4) is 0 Å². The van der Waals surface area contributed by atoms with Crippen molar-refractivity contribution < 1.29 is 14.3 Å². The number of hydrogen-bond donors (Lipinski definition) is 2. The molecule has 5 nitrogen and oxygen atoms in total. The Balaban J connectivity index is 1.85. The van der Waals surface area contributed by atoms with Gasteiger partial charge < -0.3 is 15.4 Å². The standard InChI is InChI=1S/C16H14Cl2N2O3/c17-15(18)16(22)19-10-14(21)20-11-6-8-13(9-7-11)23-12-4-2-1-3-5-12/h1-9,15H,10H2,(H,19,22)(H,20,21). The molecule has 2 aromatic carbocycles. The summed E-state index contributed by atoms with van der Waals surface area (Å²) in [5.41, 5.74) is 0.581. The molecule has 120 valence electrons. The number of benzene rings is 2. The molecule has 0 aromatic heterocycles. The van der Waals surface area contributed by atoms with Gasteiger partial charge in [-0.25, -0.2) is 0 Å². The van der Waals surface area contributed by atoms with E-state index in [4.69, 9.17) is 27.9 Å². The van der Waals surface area contributed by atoms with E-state index in [0.29, 0.717) is 11.4 Å². The lowest BCUT2D eigenvalue weighted by molar-refractivity contribution is -0.122. The van der Waals surface area contributed by atoms with Crippen molar-refractivity contribution in [2.45, 2.75) is 4.84 Å². The van der Waals surface area contributed by atoms with Crippen molar-refractivity contribution in [1.82, 2.24) is 5.32 Å². The summed E-state index contributed by atoms with van der Waals surface area (Å²) >= 11 is 10.7. The number of para-hydroxylation sites is 1. The van der Waals surface area contributed by atoms with E-state index in [0.717, 1.165) is 5.75 Å². The Morgan fingerprint density at radius 2 is 1.57 bits per heavy atom. The fourth-order valence-electron chi connectivity index (χ4n) is 1.68. The third-order valence-corrected chi connectivity index (χ3v) is 3.13. The van der Waals surface area contributed by atoms with Crippen LogP contribution in [0.25, 0.3) is 0 Å². The number of amides is 2. The van der Waals surface area contributed by atoms with E-state index in [1.165, 1.54) is 0 Å². The third-order valence-electron chi connectivity index (χ3n) is 2.74. The van der Waals surface area contributed by atoms with E-state index in [9.17, 15) is 9.59 Å². The zero-order valence-electron chi connectivity index (χ0n) is 12.0. The van der Waals surface area contributed by atoms with Crippen LogP contribution in [0.2, 0.25) is 0 Å². The fourth-order valence-corrected chi connectivity index (χ4v) is 1.83. The molecule has 0 aliphatic heterocycles. The Bertz CT molecular complexity index is 661. The van der Waals surface area contributed by atoms with Gasteiger partial charge in [0.2, 0.25) is 5.91 Å². The summed E-state index contributed by atoms with van der Waals surface area (Å²) in [4.78, 5) is 21.6. The topological polar surface area (TPSA) is 67.4 Å². The van der Waals surface area contributed by atoms with Gasteiger partial charge >= 0.3 is 0 Å². The van der Waals surface area contributed by atoms with Gasteiger partial charge in [0, 0.05) is 5.69 Å². The lowest BCUT2D eigenvalue weighted by Gasteiger charge is -2.09. The highest BCUT2D eigenvalue weighted by Crippen LogP contribution is 2.22. The summed E-state index contributed by atoms with van der Waals surface area (Å²) in [7, 11) is 0. The first-order chi connectivity index (χ1) is 11.0. The van der Waals surface area contributed by atoms with Gasteiger partial charge in [0.05, 0.1) is 6.54 Å². The van der Waals surface area contributed by atoms with Crippen LogP contribution in [0.5, 0.6) is 11.5 Å². The van der Waals surface area contributed by atoms with Crippen molar-refractivity contribution in [1.29, 1.82) is 0 Å². The molecule has 2 aromatic rings. The number of carbonyl (C=O) groups excluding carboxylic acids is 2. The molecule has 23 heavy (non-hydrogen) atoms. The molecule has 0 atom stereocenters. The van der Waals surface area contributed by atoms with Crippen LogP contribution in [-0.4, -0.2) is 23.2 Å². The summed E-state index contributed by atoms with van der Waals surface area (Å²) < 4.78 is 5.64. The number of anilines is 1. The lowest BCUT2D eigenvalue weighted by Crippen LogP contribution is -2.35. The van der Waals surface area contributed by atoms with Gasteiger partial charge in [-0.1, -0.05) is 41.4 Å². The molecule has 2 amide bonds. The predicted molar refractivity (Wildman–Crippen MR) is 90.1 cm³/mol. The molecule has 7 heteroatoms. The SMILES string of the molecule is O=C(CNC(=O)C(Cl)Cl)Nc1ccc(Oc2ccccc2)cc1. The first-order valence-corrected chi connectivity index (χ1v) is 7.60. The van der Waals surface area contributed by atoms with Crippen LogP contribution in [0.4, 0.5) is 5.69 Å². The van der Waals surface area contributed by atoms with E-state index in [1.807, 2.05) is 30.3 Å². The first kappa shape index (κ1) is 17.1. The summed E-state index contributed by atoms with van der Waals surface area (Å²) in [6.07, 6.45) is 0. The van der Waals surface area contributed by atoms with Gasteiger partial charge in [-0.15, -0.1) is 0 Å². The summed E-state index contributed by atoms with van der Waals surface area (Å²) in [5.74, 6) is 0.373. The zero-order chi connectivity index (χ0) is 16.7. The molecule has 0 aliphatic carbocycles. The summed E-state index contributed by atoms with van der Waals surface area (Å²) in [6, 6.07) is 16.2. The van der Waals surface area contributed by atoms with E-state index < -0.39 is 10.7 Å². The van der Waals surface area contributed by atoms with Crippen LogP contribution in [0.1, 0.15) is 0 Å². The highest BCUT2D eigenvalue weighted by Gasteiger charge is 2.12. The smallest absolute Gasteiger partial charge is 0.253 e. The minimum absolute atomic E-state index is 0.211. The van der Waals surface area contributed by atoms with Crippen LogP contribution in [-0.2, 0) is 9.59 Å². The largest absolute Gasteiger partial charge is 0.457 e. The summed E-state index contributed by atoms with van der Waals surface area (Å²) in [5, 5.41) is 4.94. The van der Waals surface area contributed by atoms with Crippen molar-refractivity contribution in [3.63, 3.8) is 0 Å². The molecule has 2 N–H and O–H groups in total. The minimum Gasteiger partial charge on any atom is -0.457 e. The molecule has 0 spiro atoms. The number of rotatable bonds is 6. The number of halogens is 2. The number of hydrogen-bond acceptors (Lipinski definition) is 3. The molecule has 0 unspecified atom stereocenters. The molecular weight excluding hydrogens is 339 g/mol. The van der Waals surface area contributed by atoms with Gasteiger partial charge in [0.1, 0.15) is 11.5 Å². The molecular formula is C16H14Cl2N2O3. The Labute approximate surface area is 143 Å². The van der Waals surface area contributed by atoms with Crippen molar-refractivity contribution in [3.8, 4) is 11.5 Å². The molecule has 0 fully saturated rings. The number of carbonyl (C=O) groups is 2. The Kier molecular flexibility index (Phi) is 6.26. The quantitative estimate of drug-likeness (QED) is 0.783. The average molecular weight is 353 g/mol. The molecule has 0 radical (unpaired) electrons.